The van der Waals surface area contributed by atoms with Gasteiger partial charge in [0.1, 0.15) is 0 Å². The lowest BCUT2D eigenvalue weighted by Gasteiger charge is -2.34. The molecule has 0 radical (unpaired) electrons. The van der Waals surface area contributed by atoms with Gasteiger partial charge in [-0.1, -0.05) is 6.92 Å². The molecule has 1 aromatic heterocycles. The lowest BCUT2D eigenvalue weighted by atomic mass is 10.00. The molecule has 0 saturated carbocycles. The van der Waals surface area contributed by atoms with Gasteiger partial charge in [0.05, 0.1) is 0 Å². The second kappa shape index (κ2) is 6.38. The SMILES string of the molecule is CCC(C)(C)N(C)Cc1ccc(CNC(C)(C)C)s1. The van der Waals surface area contributed by atoms with Crippen molar-refractivity contribution < 1.29 is 0 Å². The smallest absolute Gasteiger partial charge is 0.0330 e. The van der Waals surface area contributed by atoms with Gasteiger partial charge in [-0.25, -0.2) is 0 Å². The van der Waals surface area contributed by atoms with Crippen LogP contribution in [0.4, 0.5) is 0 Å². The molecule has 1 rings (SSSR count). The van der Waals surface area contributed by atoms with Crippen molar-refractivity contribution in [3.63, 3.8) is 0 Å². The zero-order chi connectivity index (χ0) is 14.7. The third-order valence-corrected chi connectivity index (χ3v) is 4.87. The summed E-state index contributed by atoms with van der Waals surface area (Å²) in [7, 11) is 2.22. The molecule has 0 amide bonds. The number of rotatable bonds is 6. The van der Waals surface area contributed by atoms with E-state index in [9.17, 15) is 0 Å². The van der Waals surface area contributed by atoms with Crippen LogP contribution in [0.25, 0.3) is 0 Å². The summed E-state index contributed by atoms with van der Waals surface area (Å²) >= 11 is 1.92. The van der Waals surface area contributed by atoms with E-state index in [1.54, 1.807) is 0 Å². The highest BCUT2D eigenvalue weighted by Gasteiger charge is 2.21. The van der Waals surface area contributed by atoms with Crippen LogP contribution >= 0.6 is 11.3 Å². The van der Waals surface area contributed by atoms with E-state index in [2.05, 4.69) is 70.9 Å². The maximum atomic E-state index is 3.54. The van der Waals surface area contributed by atoms with Crippen molar-refractivity contribution in [2.45, 2.75) is 72.1 Å². The topological polar surface area (TPSA) is 15.3 Å². The number of hydrogen-bond acceptors (Lipinski definition) is 3. The van der Waals surface area contributed by atoms with E-state index in [0.717, 1.165) is 13.1 Å². The van der Waals surface area contributed by atoms with Crippen molar-refractivity contribution in [3.8, 4) is 0 Å². The van der Waals surface area contributed by atoms with Gasteiger partial charge in [0.25, 0.3) is 0 Å². The standard InChI is InChI=1S/C16H30N2S/c1-8-16(5,6)18(7)12-14-10-9-13(19-14)11-17-15(2,3)4/h9-10,17H,8,11-12H2,1-7H3. The number of nitrogens with one attached hydrogen (secondary N) is 1. The fourth-order valence-corrected chi connectivity index (χ4v) is 2.68. The highest BCUT2D eigenvalue weighted by Crippen LogP contribution is 2.23. The molecule has 1 N–H and O–H groups in total. The third kappa shape index (κ3) is 5.64. The Morgan fingerprint density at radius 3 is 2.21 bits per heavy atom. The van der Waals surface area contributed by atoms with Crippen LogP contribution in [0.5, 0.6) is 0 Å². The number of hydrogen-bond donors (Lipinski definition) is 1. The second-order valence-corrected chi connectivity index (χ2v) is 8.25. The van der Waals surface area contributed by atoms with Gasteiger partial charge in [0.15, 0.2) is 0 Å². The molecule has 0 saturated heterocycles. The summed E-state index contributed by atoms with van der Waals surface area (Å²) in [4.78, 5) is 5.32. The summed E-state index contributed by atoms with van der Waals surface area (Å²) in [6, 6.07) is 4.53. The first-order valence-electron chi connectivity index (χ1n) is 7.18. The Labute approximate surface area is 123 Å². The Balaban J connectivity index is 2.56. The molecular formula is C16H30N2S. The summed E-state index contributed by atoms with van der Waals surface area (Å²) in [5.41, 5.74) is 0.457. The van der Waals surface area contributed by atoms with Gasteiger partial charge in [-0.15, -0.1) is 11.3 Å². The minimum absolute atomic E-state index is 0.186. The molecule has 0 aliphatic carbocycles. The molecule has 0 atom stereocenters. The van der Waals surface area contributed by atoms with Crippen LogP contribution in [0.15, 0.2) is 12.1 Å². The number of nitrogens with zero attached hydrogens (tertiary/aromatic N) is 1. The Morgan fingerprint density at radius 1 is 1.11 bits per heavy atom. The molecule has 3 heteroatoms. The summed E-state index contributed by atoms with van der Waals surface area (Å²) in [6.07, 6.45) is 1.17. The fourth-order valence-electron chi connectivity index (χ4n) is 1.67. The highest BCUT2D eigenvalue weighted by atomic mass is 32.1. The molecule has 0 aromatic carbocycles. The first-order chi connectivity index (χ1) is 8.64. The molecular weight excluding hydrogens is 252 g/mol. The van der Waals surface area contributed by atoms with E-state index in [1.165, 1.54) is 16.2 Å². The maximum Gasteiger partial charge on any atom is 0.0330 e. The first-order valence-corrected chi connectivity index (χ1v) is 7.99. The van der Waals surface area contributed by atoms with Crippen LogP contribution in [0, 0.1) is 0 Å². The zero-order valence-electron chi connectivity index (χ0n) is 13.6. The molecule has 0 unspecified atom stereocenters. The van der Waals surface area contributed by atoms with Crippen LogP contribution in [-0.2, 0) is 13.1 Å². The van der Waals surface area contributed by atoms with Crippen LogP contribution in [0.3, 0.4) is 0 Å². The van der Waals surface area contributed by atoms with Crippen molar-refractivity contribution >= 4 is 11.3 Å². The Hall–Kier alpha value is -0.380. The summed E-state index contributed by atoms with van der Waals surface area (Å²) in [6.45, 7) is 15.5. The van der Waals surface area contributed by atoms with E-state index in [4.69, 9.17) is 0 Å². The highest BCUT2D eigenvalue weighted by molar-refractivity contribution is 7.11. The van der Waals surface area contributed by atoms with Gasteiger partial charge in [-0.2, -0.15) is 0 Å². The van der Waals surface area contributed by atoms with Gasteiger partial charge in [0, 0.05) is 33.9 Å². The third-order valence-electron chi connectivity index (χ3n) is 3.80. The van der Waals surface area contributed by atoms with Gasteiger partial charge < -0.3 is 5.32 Å². The molecule has 0 bridgehead atoms. The minimum Gasteiger partial charge on any atom is -0.307 e. The molecule has 110 valence electrons. The van der Waals surface area contributed by atoms with E-state index >= 15 is 0 Å². The Morgan fingerprint density at radius 2 is 1.68 bits per heavy atom. The summed E-state index contributed by atoms with van der Waals surface area (Å²) in [5, 5.41) is 3.54. The molecule has 0 fully saturated rings. The fraction of sp³-hybridized carbons (Fsp3) is 0.750. The zero-order valence-corrected chi connectivity index (χ0v) is 14.4. The quantitative estimate of drug-likeness (QED) is 0.839. The molecule has 2 nitrogen and oxygen atoms in total. The van der Waals surface area contributed by atoms with Crippen molar-refractivity contribution in [3.05, 3.63) is 21.9 Å². The Kier molecular flexibility index (Phi) is 5.60. The predicted molar refractivity (Wildman–Crippen MR) is 86.7 cm³/mol. The van der Waals surface area contributed by atoms with Crippen LogP contribution < -0.4 is 5.32 Å². The summed E-state index contributed by atoms with van der Waals surface area (Å²) < 4.78 is 0. The lowest BCUT2D eigenvalue weighted by Crippen LogP contribution is -2.39. The average Bonchev–Trinajstić information content (AvgIpc) is 2.73. The largest absolute Gasteiger partial charge is 0.307 e. The predicted octanol–water partition coefficient (Wildman–Crippen LogP) is 4.26. The maximum absolute atomic E-state index is 3.54. The second-order valence-electron chi connectivity index (χ2n) is 6.99. The monoisotopic (exact) mass is 282 g/mol. The van der Waals surface area contributed by atoms with Gasteiger partial charge in [-0.3, -0.25) is 4.90 Å². The van der Waals surface area contributed by atoms with Crippen molar-refractivity contribution in [1.82, 2.24) is 10.2 Å². The van der Waals surface area contributed by atoms with Crippen LogP contribution in [-0.4, -0.2) is 23.0 Å². The van der Waals surface area contributed by atoms with E-state index in [-0.39, 0.29) is 11.1 Å². The first kappa shape index (κ1) is 16.7. The van der Waals surface area contributed by atoms with Crippen molar-refractivity contribution in [2.75, 3.05) is 7.05 Å². The van der Waals surface area contributed by atoms with Crippen LogP contribution in [0.2, 0.25) is 0 Å². The minimum atomic E-state index is 0.186. The van der Waals surface area contributed by atoms with Crippen molar-refractivity contribution in [2.24, 2.45) is 0 Å². The van der Waals surface area contributed by atoms with Gasteiger partial charge >= 0.3 is 0 Å². The van der Waals surface area contributed by atoms with Gasteiger partial charge in [-0.05, 0) is 60.2 Å². The van der Waals surface area contributed by atoms with Crippen LogP contribution in [0.1, 0.15) is 57.7 Å². The van der Waals surface area contributed by atoms with E-state index in [0.29, 0.717) is 0 Å². The molecule has 0 aliphatic rings. The lowest BCUT2D eigenvalue weighted by molar-refractivity contribution is 0.144. The van der Waals surface area contributed by atoms with E-state index in [1.807, 2.05) is 11.3 Å². The average molecular weight is 282 g/mol. The van der Waals surface area contributed by atoms with Crippen molar-refractivity contribution in [1.29, 1.82) is 0 Å². The Bertz CT molecular complexity index is 388. The molecule has 1 heterocycles. The number of thiophene rings is 1. The van der Waals surface area contributed by atoms with Gasteiger partial charge in [0.2, 0.25) is 0 Å². The normalized spacial score (nSPS) is 13.3. The summed E-state index contributed by atoms with van der Waals surface area (Å²) in [5.74, 6) is 0. The van der Waals surface area contributed by atoms with E-state index < -0.39 is 0 Å². The molecule has 19 heavy (non-hydrogen) atoms. The molecule has 0 aliphatic heterocycles. The molecule has 0 spiro atoms. The molecule has 1 aromatic rings.